The fourth-order valence-electron chi connectivity index (χ4n) is 1.36. The molecule has 0 amide bonds. The van der Waals surface area contributed by atoms with Gasteiger partial charge in [0.25, 0.3) is 0 Å². The Labute approximate surface area is 95.3 Å². The number of aliphatic hydroxyl groups excluding tert-OH is 1. The van der Waals surface area contributed by atoms with Crippen molar-refractivity contribution in [3.05, 3.63) is 29.8 Å². The normalized spacial score (nSPS) is 11.8. The van der Waals surface area contributed by atoms with E-state index in [1.165, 1.54) is 0 Å². The molecule has 0 saturated heterocycles. The second-order valence-corrected chi connectivity index (χ2v) is 3.45. The van der Waals surface area contributed by atoms with E-state index in [4.69, 9.17) is 20.8 Å². The highest BCUT2D eigenvalue weighted by Crippen LogP contribution is 2.19. The van der Waals surface area contributed by atoms with Crippen molar-refractivity contribution in [2.45, 2.75) is 18.9 Å². The molecule has 0 heterocycles. The molecule has 0 unspecified atom stereocenters. The Morgan fingerprint density at radius 2 is 2.31 bits per heavy atom. The van der Waals surface area contributed by atoms with Crippen molar-refractivity contribution in [1.29, 1.82) is 5.26 Å². The molecular weight excluding hydrogens is 204 g/mol. The molecule has 0 saturated carbocycles. The molecule has 0 aliphatic rings. The predicted octanol–water partition coefficient (Wildman–Crippen LogP) is 1.36. The summed E-state index contributed by atoms with van der Waals surface area (Å²) in [5.74, 6) is 0.709. The fraction of sp³-hybridized carbons (Fsp3) is 0.417. The van der Waals surface area contributed by atoms with Crippen molar-refractivity contribution in [3.8, 4) is 11.8 Å². The maximum absolute atomic E-state index is 8.79. The number of rotatable bonds is 6. The molecule has 0 bridgehead atoms. The van der Waals surface area contributed by atoms with Gasteiger partial charge < -0.3 is 15.6 Å². The van der Waals surface area contributed by atoms with Gasteiger partial charge in [-0.1, -0.05) is 12.1 Å². The van der Waals surface area contributed by atoms with Crippen LogP contribution in [0, 0.1) is 11.3 Å². The Balaban J connectivity index is 2.60. The van der Waals surface area contributed by atoms with E-state index < -0.39 is 0 Å². The molecule has 3 N–H and O–H groups in total. The highest BCUT2D eigenvalue weighted by molar-refractivity contribution is 5.30. The number of nitriles is 1. The summed E-state index contributed by atoms with van der Waals surface area (Å²) in [5.41, 5.74) is 6.80. The lowest BCUT2D eigenvalue weighted by atomic mass is 10.1. The molecule has 16 heavy (non-hydrogen) atoms. The second kappa shape index (κ2) is 6.83. The van der Waals surface area contributed by atoms with Crippen LogP contribution in [0.5, 0.6) is 5.75 Å². The molecule has 0 radical (unpaired) electrons. The van der Waals surface area contributed by atoms with E-state index in [9.17, 15) is 0 Å². The van der Waals surface area contributed by atoms with Crippen molar-refractivity contribution < 1.29 is 9.84 Å². The summed E-state index contributed by atoms with van der Waals surface area (Å²) < 4.78 is 5.37. The molecule has 0 spiro atoms. The van der Waals surface area contributed by atoms with E-state index in [0.717, 1.165) is 5.56 Å². The molecule has 4 heteroatoms. The van der Waals surface area contributed by atoms with Gasteiger partial charge in [0.2, 0.25) is 0 Å². The first-order chi connectivity index (χ1) is 7.77. The Hall–Kier alpha value is -1.57. The first-order valence-corrected chi connectivity index (χ1v) is 5.24. The Kier molecular flexibility index (Phi) is 5.34. The third kappa shape index (κ3) is 3.89. The van der Waals surface area contributed by atoms with Crippen LogP contribution in [-0.2, 0) is 0 Å². The number of aliphatic hydroxyl groups is 1. The molecule has 0 aliphatic carbocycles. The lowest BCUT2D eigenvalue weighted by Gasteiger charge is -2.12. The van der Waals surface area contributed by atoms with E-state index in [1.54, 1.807) is 0 Å². The molecule has 0 aliphatic heterocycles. The molecule has 1 atom stereocenters. The zero-order valence-electron chi connectivity index (χ0n) is 9.10. The van der Waals surface area contributed by atoms with Crippen molar-refractivity contribution >= 4 is 0 Å². The number of nitrogens with two attached hydrogens (primary N) is 1. The largest absolute Gasteiger partial charge is 0.493 e. The Bertz CT molecular complexity index is 360. The van der Waals surface area contributed by atoms with Crippen LogP contribution >= 0.6 is 0 Å². The third-order valence-electron chi connectivity index (χ3n) is 2.21. The summed E-state index contributed by atoms with van der Waals surface area (Å²) in [7, 11) is 0. The van der Waals surface area contributed by atoms with Crippen LogP contribution < -0.4 is 10.5 Å². The predicted molar refractivity (Wildman–Crippen MR) is 60.8 cm³/mol. The Morgan fingerprint density at radius 1 is 1.50 bits per heavy atom. The van der Waals surface area contributed by atoms with Crippen LogP contribution in [0.1, 0.15) is 24.4 Å². The molecule has 1 aromatic rings. The van der Waals surface area contributed by atoms with Crippen LogP contribution in [0.15, 0.2) is 24.3 Å². The number of hydrogen-bond acceptors (Lipinski definition) is 4. The van der Waals surface area contributed by atoms with Crippen LogP contribution in [-0.4, -0.2) is 18.3 Å². The monoisotopic (exact) mass is 220 g/mol. The van der Waals surface area contributed by atoms with Gasteiger partial charge in [-0.15, -0.1) is 0 Å². The molecule has 0 fully saturated rings. The quantitative estimate of drug-likeness (QED) is 0.709. The average molecular weight is 220 g/mol. The summed E-state index contributed by atoms with van der Waals surface area (Å²) in [6, 6.07) is 9.26. The number of ether oxygens (including phenoxy) is 1. The van der Waals surface area contributed by atoms with Gasteiger partial charge in [-0.2, -0.15) is 5.26 Å². The van der Waals surface area contributed by atoms with Gasteiger partial charge in [-0.25, -0.2) is 0 Å². The zero-order valence-corrected chi connectivity index (χ0v) is 9.10. The van der Waals surface area contributed by atoms with E-state index >= 15 is 0 Å². The summed E-state index contributed by atoms with van der Waals surface area (Å²) in [5, 5.41) is 17.2. The van der Waals surface area contributed by atoms with Gasteiger partial charge in [0, 0.05) is 12.6 Å². The van der Waals surface area contributed by atoms with Gasteiger partial charge in [-0.3, -0.25) is 0 Å². The van der Waals surface area contributed by atoms with Crippen molar-refractivity contribution in [2.24, 2.45) is 5.73 Å². The molecule has 4 nitrogen and oxygen atoms in total. The van der Waals surface area contributed by atoms with E-state index in [0.29, 0.717) is 25.2 Å². The molecule has 1 rings (SSSR count). The van der Waals surface area contributed by atoms with E-state index in [2.05, 4.69) is 0 Å². The van der Waals surface area contributed by atoms with Gasteiger partial charge in [0.05, 0.1) is 12.5 Å². The first kappa shape index (κ1) is 12.5. The molecule has 1 aromatic carbocycles. The lowest BCUT2D eigenvalue weighted by molar-refractivity contribution is 0.276. The Morgan fingerprint density at radius 3 is 3.00 bits per heavy atom. The summed E-state index contributed by atoms with van der Waals surface area (Å²) >= 11 is 0. The van der Waals surface area contributed by atoms with Crippen molar-refractivity contribution in [2.75, 3.05) is 13.2 Å². The average Bonchev–Trinajstić information content (AvgIpc) is 2.30. The van der Waals surface area contributed by atoms with Crippen LogP contribution in [0.2, 0.25) is 0 Å². The van der Waals surface area contributed by atoms with Gasteiger partial charge in [0.15, 0.2) is 0 Å². The minimum absolute atomic E-state index is 0.0701. The van der Waals surface area contributed by atoms with Crippen LogP contribution in [0.3, 0.4) is 0 Å². The van der Waals surface area contributed by atoms with Crippen LogP contribution in [0.25, 0.3) is 0 Å². The summed E-state index contributed by atoms with van der Waals surface area (Å²) in [4.78, 5) is 0. The topological polar surface area (TPSA) is 79.3 Å². The number of benzene rings is 1. The summed E-state index contributed by atoms with van der Waals surface area (Å²) in [6.07, 6.45) is 0.897. The maximum Gasteiger partial charge on any atom is 0.119 e. The SMILES string of the molecule is N#CCCOc1cccc([C@H](N)CCO)c1. The standard InChI is InChI=1S/C12H16N2O2/c13-6-2-8-16-11-4-1-3-10(9-11)12(14)5-7-15/h1,3-4,9,12,15H,2,5,7-8,14H2/t12-/m1/s1. The minimum atomic E-state index is -0.176. The minimum Gasteiger partial charge on any atom is -0.493 e. The van der Waals surface area contributed by atoms with Gasteiger partial charge >= 0.3 is 0 Å². The highest BCUT2D eigenvalue weighted by Gasteiger charge is 2.05. The summed E-state index contributed by atoms with van der Waals surface area (Å²) in [6.45, 7) is 0.454. The number of nitrogens with zero attached hydrogens (tertiary/aromatic N) is 1. The molecule has 0 aromatic heterocycles. The van der Waals surface area contributed by atoms with Gasteiger partial charge in [0.1, 0.15) is 12.4 Å². The van der Waals surface area contributed by atoms with Gasteiger partial charge in [-0.05, 0) is 24.1 Å². The maximum atomic E-state index is 8.79. The van der Waals surface area contributed by atoms with E-state index in [-0.39, 0.29) is 12.6 Å². The highest BCUT2D eigenvalue weighted by atomic mass is 16.5. The van der Waals surface area contributed by atoms with E-state index in [1.807, 2.05) is 30.3 Å². The molecular formula is C12H16N2O2. The smallest absolute Gasteiger partial charge is 0.119 e. The number of hydrogen-bond donors (Lipinski definition) is 2. The fourth-order valence-corrected chi connectivity index (χ4v) is 1.36. The van der Waals surface area contributed by atoms with Crippen molar-refractivity contribution in [3.63, 3.8) is 0 Å². The third-order valence-corrected chi connectivity index (χ3v) is 2.21. The zero-order chi connectivity index (χ0) is 11.8. The molecule has 86 valence electrons. The van der Waals surface area contributed by atoms with Crippen molar-refractivity contribution in [1.82, 2.24) is 0 Å². The lowest BCUT2D eigenvalue weighted by Crippen LogP contribution is -2.12. The first-order valence-electron chi connectivity index (χ1n) is 5.24. The van der Waals surface area contributed by atoms with Crippen LogP contribution in [0.4, 0.5) is 0 Å². The second-order valence-electron chi connectivity index (χ2n) is 3.45.